The van der Waals surface area contributed by atoms with Gasteiger partial charge in [-0.3, -0.25) is 10.1 Å². The zero-order chi connectivity index (χ0) is 14.1. The van der Waals surface area contributed by atoms with Crippen LogP contribution in [-0.2, 0) is 0 Å². The van der Waals surface area contributed by atoms with Crippen LogP contribution in [0.15, 0.2) is 0 Å². The van der Waals surface area contributed by atoms with E-state index in [4.69, 9.17) is 11.6 Å². The summed E-state index contributed by atoms with van der Waals surface area (Å²) in [5.41, 5.74) is 1.79. The molecule has 0 aromatic carbocycles. The van der Waals surface area contributed by atoms with Crippen molar-refractivity contribution in [1.29, 1.82) is 0 Å². The minimum atomic E-state index is -0.493. The molecule has 0 fully saturated rings. The van der Waals surface area contributed by atoms with E-state index >= 15 is 0 Å². The van der Waals surface area contributed by atoms with Gasteiger partial charge in [0.05, 0.1) is 4.92 Å². The Labute approximate surface area is 112 Å². The number of pyridine rings is 1. The van der Waals surface area contributed by atoms with Crippen molar-refractivity contribution in [1.82, 2.24) is 4.98 Å². The van der Waals surface area contributed by atoms with Gasteiger partial charge >= 0.3 is 5.69 Å². The van der Waals surface area contributed by atoms with Gasteiger partial charge in [-0.1, -0.05) is 32.4 Å². The van der Waals surface area contributed by atoms with Gasteiger partial charge in [-0.25, -0.2) is 4.98 Å². The van der Waals surface area contributed by atoms with Gasteiger partial charge in [0.15, 0.2) is 0 Å². The molecule has 18 heavy (non-hydrogen) atoms. The first kappa shape index (κ1) is 14.7. The van der Waals surface area contributed by atoms with E-state index in [1.54, 1.807) is 13.8 Å². The predicted molar refractivity (Wildman–Crippen MR) is 73.3 cm³/mol. The summed E-state index contributed by atoms with van der Waals surface area (Å²) in [7, 11) is 0. The van der Waals surface area contributed by atoms with Crippen LogP contribution in [-0.4, -0.2) is 16.5 Å². The highest BCUT2D eigenvalue weighted by Gasteiger charge is 2.25. The van der Waals surface area contributed by atoms with Gasteiger partial charge in [0, 0.05) is 17.8 Å². The van der Waals surface area contributed by atoms with Gasteiger partial charge in [0.25, 0.3) is 0 Å². The van der Waals surface area contributed by atoms with Crippen molar-refractivity contribution in [2.45, 2.75) is 34.6 Å². The molecular formula is C12H18ClN3O2. The van der Waals surface area contributed by atoms with Gasteiger partial charge in [-0.2, -0.15) is 0 Å². The molecule has 1 aromatic heterocycles. The van der Waals surface area contributed by atoms with E-state index in [2.05, 4.69) is 31.1 Å². The number of anilines is 1. The third kappa shape index (κ3) is 3.32. The number of hydrogen-bond donors (Lipinski definition) is 1. The third-order valence-corrected chi connectivity index (χ3v) is 2.86. The fraction of sp³-hybridized carbons (Fsp3) is 0.583. The number of hydrogen-bond acceptors (Lipinski definition) is 4. The van der Waals surface area contributed by atoms with Crippen LogP contribution in [0.2, 0.25) is 5.15 Å². The number of halogens is 1. The van der Waals surface area contributed by atoms with Crippen molar-refractivity contribution in [3.05, 3.63) is 26.5 Å². The van der Waals surface area contributed by atoms with Gasteiger partial charge in [-0.05, 0) is 19.3 Å². The zero-order valence-electron chi connectivity index (χ0n) is 11.3. The number of nitro groups is 1. The highest BCUT2D eigenvalue weighted by atomic mass is 35.5. The molecule has 0 radical (unpaired) electrons. The summed E-state index contributed by atoms with van der Waals surface area (Å²) in [6.07, 6.45) is 0. The van der Waals surface area contributed by atoms with E-state index < -0.39 is 4.92 Å². The Morgan fingerprint density at radius 3 is 2.39 bits per heavy atom. The lowest BCUT2D eigenvalue weighted by atomic mass is 9.96. The first-order valence-corrected chi connectivity index (χ1v) is 6.06. The maximum absolute atomic E-state index is 11.1. The molecule has 0 aliphatic rings. The predicted octanol–water partition coefficient (Wildman–Crippen LogP) is 3.72. The summed E-state index contributed by atoms with van der Waals surface area (Å²) in [4.78, 5) is 14.6. The summed E-state index contributed by atoms with van der Waals surface area (Å²) < 4.78 is 0. The molecule has 0 bridgehead atoms. The molecule has 0 unspecified atom stereocenters. The van der Waals surface area contributed by atoms with E-state index in [1.807, 2.05) is 0 Å². The average Bonchev–Trinajstić information content (AvgIpc) is 2.19. The molecule has 0 saturated carbocycles. The highest BCUT2D eigenvalue weighted by Crippen LogP contribution is 2.35. The van der Waals surface area contributed by atoms with Crippen LogP contribution in [0.1, 0.15) is 32.0 Å². The van der Waals surface area contributed by atoms with Crippen molar-refractivity contribution in [2.24, 2.45) is 5.41 Å². The van der Waals surface area contributed by atoms with E-state index in [9.17, 15) is 10.1 Å². The Balaban J connectivity index is 3.26. The quantitative estimate of drug-likeness (QED) is 0.517. The second kappa shape index (κ2) is 5.10. The molecule has 6 heteroatoms. The lowest BCUT2D eigenvalue weighted by molar-refractivity contribution is -0.384. The zero-order valence-corrected chi connectivity index (χ0v) is 12.1. The smallest absolute Gasteiger partial charge is 0.329 e. The van der Waals surface area contributed by atoms with Crippen molar-refractivity contribution >= 4 is 23.0 Å². The Bertz CT molecular complexity index is 481. The van der Waals surface area contributed by atoms with Gasteiger partial charge < -0.3 is 5.32 Å². The molecule has 1 aromatic rings. The Kier molecular flexibility index (Phi) is 4.16. The molecule has 100 valence electrons. The van der Waals surface area contributed by atoms with Crippen LogP contribution >= 0.6 is 11.6 Å². The summed E-state index contributed by atoms with van der Waals surface area (Å²) in [5.74, 6) is 0. The fourth-order valence-corrected chi connectivity index (χ4v) is 1.77. The van der Waals surface area contributed by atoms with Crippen molar-refractivity contribution < 1.29 is 4.92 Å². The van der Waals surface area contributed by atoms with Crippen molar-refractivity contribution in [2.75, 3.05) is 11.9 Å². The molecule has 0 spiro atoms. The summed E-state index contributed by atoms with van der Waals surface area (Å²) in [6, 6.07) is 0. The second-order valence-corrected chi connectivity index (χ2v) is 5.87. The number of aryl methyl sites for hydroxylation is 1. The minimum Gasteiger partial charge on any atom is -0.379 e. The molecule has 0 saturated heterocycles. The SMILES string of the molecule is Cc1nc(Cl)c([N+](=O)[O-])c(NCC(C)(C)C)c1C. The fourth-order valence-electron chi connectivity index (χ4n) is 1.48. The first-order valence-electron chi connectivity index (χ1n) is 5.68. The number of rotatable bonds is 3. The van der Waals surface area contributed by atoms with E-state index in [0.29, 0.717) is 17.9 Å². The maximum atomic E-state index is 11.1. The average molecular weight is 272 g/mol. The van der Waals surface area contributed by atoms with Crippen molar-refractivity contribution in [3.8, 4) is 0 Å². The topological polar surface area (TPSA) is 68.1 Å². The second-order valence-electron chi connectivity index (χ2n) is 5.51. The molecule has 0 amide bonds. The number of nitrogens with one attached hydrogen (secondary N) is 1. The minimum absolute atomic E-state index is 0.0178. The first-order chi connectivity index (χ1) is 8.13. The van der Waals surface area contributed by atoms with Crippen LogP contribution < -0.4 is 5.32 Å². The van der Waals surface area contributed by atoms with Crippen LogP contribution in [0.4, 0.5) is 11.4 Å². The normalized spacial score (nSPS) is 11.4. The Morgan fingerprint density at radius 2 is 1.94 bits per heavy atom. The molecule has 0 atom stereocenters. The van der Waals surface area contributed by atoms with Gasteiger partial charge in [0.1, 0.15) is 5.69 Å². The summed E-state index contributed by atoms with van der Waals surface area (Å²) in [6.45, 7) is 10.4. The monoisotopic (exact) mass is 271 g/mol. The van der Waals surface area contributed by atoms with Gasteiger partial charge in [0.2, 0.25) is 5.15 Å². The molecule has 1 rings (SSSR count). The molecule has 0 aliphatic heterocycles. The lowest BCUT2D eigenvalue weighted by Crippen LogP contribution is -2.20. The van der Waals surface area contributed by atoms with Crippen LogP contribution in [0.25, 0.3) is 0 Å². The molecule has 5 nitrogen and oxygen atoms in total. The number of nitrogens with zero attached hydrogens (tertiary/aromatic N) is 2. The molecular weight excluding hydrogens is 254 g/mol. The largest absolute Gasteiger partial charge is 0.379 e. The summed E-state index contributed by atoms with van der Waals surface area (Å²) in [5, 5.41) is 14.1. The molecule has 1 N–H and O–H groups in total. The van der Waals surface area contributed by atoms with Crippen molar-refractivity contribution in [3.63, 3.8) is 0 Å². The molecule has 0 aliphatic carbocycles. The van der Waals surface area contributed by atoms with E-state index in [1.165, 1.54) is 0 Å². The van der Waals surface area contributed by atoms with Crippen LogP contribution in [0.5, 0.6) is 0 Å². The van der Waals surface area contributed by atoms with E-state index in [-0.39, 0.29) is 16.3 Å². The van der Waals surface area contributed by atoms with E-state index in [0.717, 1.165) is 5.56 Å². The Hall–Kier alpha value is -1.36. The number of aromatic nitrogens is 1. The highest BCUT2D eigenvalue weighted by molar-refractivity contribution is 6.32. The van der Waals surface area contributed by atoms with Crippen LogP contribution in [0, 0.1) is 29.4 Å². The van der Waals surface area contributed by atoms with Gasteiger partial charge in [-0.15, -0.1) is 0 Å². The van der Waals surface area contributed by atoms with Crippen LogP contribution in [0.3, 0.4) is 0 Å². The lowest BCUT2D eigenvalue weighted by Gasteiger charge is -2.21. The maximum Gasteiger partial charge on any atom is 0.329 e. The Morgan fingerprint density at radius 1 is 1.39 bits per heavy atom. The third-order valence-electron chi connectivity index (χ3n) is 2.59. The molecule has 1 heterocycles. The summed E-state index contributed by atoms with van der Waals surface area (Å²) >= 11 is 5.86. The standard InChI is InChI=1S/C12H18ClN3O2/c1-7-8(2)15-11(13)10(16(17)18)9(7)14-6-12(3,4)5/h6H2,1-5H3,(H,14,15).